The van der Waals surface area contributed by atoms with Gasteiger partial charge in [-0.25, -0.2) is 4.98 Å². The van der Waals surface area contributed by atoms with Crippen molar-refractivity contribution < 1.29 is 4.79 Å². The summed E-state index contributed by atoms with van der Waals surface area (Å²) in [5.41, 5.74) is 1.40. The number of hydrogen-bond donors (Lipinski definition) is 2. The van der Waals surface area contributed by atoms with Gasteiger partial charge in [0.15, 0.2) is 0 Å². The minimum absolute atomic E-state index is 0.0496. The molecule has 0 aliphatic rings. The van der Waals surface area contributed by atoms with Gasteiger partial charge in [-0.2, -0.15) is 0 Å². The minimum Gasteiger partial charge on any atom is -0.370 e. The molecule has 0 saturated carbocycles. The van der Waals surface area contributed by atoms with Crippen molar-refractivity contribution in [3.05, 3.63) is 23.4 Å². The van der Waals surface area contributed by atoms with Crippen LogP contribution < -0.4 is 10.6 Å². The van der Waals surface area contributed by atoms with E-state index in [1.807, 2.05) is 39.8 Å². The number of anilines is 1. The molecule has 1 heterocycles. The van der Waals surface area contributed by atoms with Crippen LogP contribution >= 0.6 is 0 Å². The second kappa shape index (κ2) is 6.55. The van der Waals surface area contributed by atoms with Gasteiger partial charge in [-0.05, 0) is 46.2 Å². The van der Waals surface area contributed by atoms with E-state index in [0.717, 1.165) is 30.9 Å². The monoisotopic (exact) mass is 263 g/mol. The van der Waals surface area contributed by atoms with Gasteiger partial charge in [0.25, 0.3) is 5.91 Å². The van der Waals surface area contributed by atoms with Gasteiger partial charge in [0.05, 0.1) is 0 Å². The Morgan fingerprint density at radius 3 is 2.47 bits per heavy atom. The Labute approximate surface area is 116 Å². The van der Waals surface area contributed by atoms with Gasteiger partial charge in [0.1, 0.15) is 5.82 Å². The summed E-state index contributed by atoms with van der Waals surface area (Å²) in [6, 6.07) is 3.69. The number of rotatable bonds is 5. The van der Waals surface area contributed by atoms with Gasteiger partial charge in [-0.3, -0.25) is 4.79 Å². The zero-order valence-electron chi connectivity index (χ0n) is 12.6. The van der Waals surface area contributed by atoms with Crippen LogP contribution in [0.3, 0.4) is 0 Å². The van der Waals surface area contributed by atoms with Crippen molar-refractivity contribution >= 4 is 11.7 Å². The van der Waals surface area contributed by atoms with Crippen LogP contribution in [0.5, 0.6) is 0 Å². The van der Waals surface area contributed by atoms with E-state index in [2.05, 4.69) is 22.5 Å². The van der Waals surface area contributed by atoms with Crippen LogP contribution in [-0.2, 0) is 6.42 Å². The highest BCUT2D eigenvalue weighted by Crippen LogP contribution is 2.13. The van der Waals surface area contributed by atoms with Crippen LogP contribution in [0.25, 0.3) is 0 Å². The first-order chi connectivity index (χ1) is 8.85. The van der Waals surface area contributed by atoms with Crippen molar-refractivity contribution in [2.75, 3.05) is 11.9 Å². The first kappa shape index (κ1) is 15.5. The average molecular weight is 263 g/mol. The molecular formula is C15H25N3O. The molecule has 1 aromatic heterocycles. The molecule has 0 spiro atoms. The first-order valence-electron chi connectivity index (χ1n) is 6.93. The number of pyridine rings is 1. The largest absolute Gasteiger partial charge is 0.370 e. The molecule has 0 bridgehead atoms. The van der Waals surface area contributed by atoms with Crippen molar-refractivity contribution in [3.8, 4) is 0 Å². The summed E-state index contributed by atoms with van der Waals surface area (Å²) in [6.07, 6.45) is 1.90. The number of nitrogens with zero attached hydrogens (tertiary/aromatic N) is 1. The van der Waals surface area contributed by atoms with Gasteiger partial charge in [-0.15, -0.1) is 0 Å². The minimum atomic E-state index is -0.233. The summed E-state index contributed by atoms with van der Waals surface area (Å²) < 4.78 is 0. The lowest BCUT2D eigenvalue weighted by Crippen LogP contribution is -2.40. The summed E-state index contributed by atoms with van der Waals surface area (Å²) in [6.45, 7) is 10.8. The van der Waals surface area contributed by atoms with Crippen LogP contribution in [0.1, 0.15) is 57.1 Å². The molecule has 0 unspecified atom stereocenters. The van der Waals surface area contributed by atoms with Crippen molar-refractivity contribution in [1.29, 1.82) is 0 Å². The standard InChI is InChI=1S/C15H25N3O/c1-6-8-12-9-11(10-13(17-12)16-7-2)14(19)18-15(3,4)5/h9-10H,6-8H2,1-5H3,(H,16,17)(H,18,19). The Balaban J connectivity index is 3.01. The summed E-state index contributed by atoms with van der Waals surface area (Å²) in [4.78, 5) is 16.7. The number of nitrogens with one attached hydrogen (secondary N) is 2. The molecule has 0 radical (unpaired) electrons. The third-order valence-electron chi connectivity index (χ3n) is 2.49. The van der Waals surface area contributed by atoms with E-state index >= 15 is 0 Å². The molecule has 1 rings (SSSR count). The maximum Gasteiger partial charge on any atom is 0.251 e. The fourth-order valence-electron chi connectivity index (χ4n) is 1.79. The van der Waals surface area contributed by atoms with Gasteiger partial charge in [-0.1, -0.05) is 13.3 Å². The third-order valence-corrected chi connectivity index (χ3v) is 2.49. The molecule has 0 aliphatic heterocycles. The van der Waals surface area contributed by atoms with E-state index in [9.17, 15) is 4.79 Å². The van der Waals surface area contributed by atoms with Crippen LogP contribution in [0.2, 0.25) is 0 Å². The second-order valence-electron chi connectivity index (χ2n) is 5.72. The van der Waals surface area contributed by atoms with Gasteiger partial charge < -0.3 is 10.6 Å². The lowest BCUT2D eigenvalue weighted by Gasteiger charge is -2.21. The number of carbonyl (C=O) groups excluding carboxylic acids is 1. The van der Waals surface area contributed by atoms with Gasteiger partial charge in [0.2, 0.25) is 0 Å². The van der Waals surface area contributed by atoms with E-state index in [4.69, 9.17) is 0 Å². The summed E-state index contributed by atoms with van der Waals surface area (Å²) >= 11 is 0. The highest BCUT2D eigenvalue weighted by molar-refractivity contribution is 5.95. The lowest BCUT2D eigenvalue weighted by molar-refractivity contribution is 0.0919. The predicted octanol–water partition coefficient (Wildman–Crippen LogP) is 2.99. The summed E-state index contributed by atoms with van der Waals surface area (Å²) in [7, 11) is 0. The fourth-order valence-corrected chi connectivity index (χ4v) is 1.79. The molecule has 0 atom stereocenters. The Kier molecular flexibility index (Phi) is 5.33. The number of aromatic nitrogens is 1. The Morgan fingerprint density at radius 2 is 1.95 bits per heavy atom. The van der Waals surface area contributed by atoms with Gasteiger partial charge >= 0.3 is 0 Å². The second-order valence-corrected chi connectivity index (χ2v) is 5.72. The lowest BCUT2D eigenvalue weighted by atomic mass is 10.1. The van der Waals surface area contributed by atoms with Gasteiger partial charge in [0, 0.05) is 23.3 Å². The Morgan fingerprint density at radius 1 is 1.26 bits per heavy atom. The molecular weight excluding hydrogens is 238 g/mol. The van der Waals surface area contributed by atoms with E-state index in [0.29, 0.717) is 5.56 Å². The van der Waals surface area contributed by atoms with E-state index in [-0.39, 0.29) is 11.4 Å². The Hall–Kier alpha value is -1.58. The molecule has 2 N–H and O–H groups in total. The Bertz CT molecular complexity index is 411. The molecule has 0 fully saturated rings. The predicted molar refractivity (Wildman–Crippen MR) is 79.6 cm³/mol. The maximum absolute atomic E-state index is 12.2. The fraction of sp³-hybridized carbons (Fsp3) is 0.600. The third kappa shape index (κ3) is 5.28. The topological polar surface area (TPSA) is 54.0 Å². The number of amides is 1. The number of carbonyl (C=O) groups is 1. The van der Waals surface area contributed by atoms with E-state index in [1.165, 1.54) is 0 Å². The number of aryl methyl sites for hydroxylation is 1. The van der Waals surface area contributed by atoms with E-state index < -0.39 is 0 Å². The molecule has 1 amide bonds. The van der Waals surface area contributed by atoms with Crippen LogP contribution in [0.15, 0.2) is 12.1 Å². The first-order valence-corrected chi connectivity index (χ1v) is 6.93. The molecule has 106 valence electrons. The van der Waals surface area contributed by atoms with Crippen molar-refractivity contribution in [1.82, 2.24) is 10.3 Å². The molecule has 4 heteroatoms. The summed E-state index contributed by atoms with van der Waals surface area (Å²) in [5.74, 6) is 0.721. The zero-order chi connectivity index (χ0) is 14.5. The molecule has 1 aromatic rings. The molecule has 19 heavy (non-hydrogen) atoms. The quantitative estimate of drug-likeness (QED) is 0.858. The van der Waals surface area contributed by atoms with Crippen molar-refractivity contribution in [2.24, 2.45) is 0 Å². The summed E-state index contributed by atoms with van der Waals surface area (Å²) in [5, 5.41) is 6.15. The molecule has 4 nitrogen and oxygen atoms in total. The maximum atomic E-state index is 12.2. The number of hydrogen-bond acceptors (Lipinski definition) is 3. The van der Waals surface area contributed by atoms with Crippen molar-refractivity contribution in [3.63, 3.8) is 0 Å². The zero-order valence-corrected chi connectivity index (χ0v) is 12.6. The molecule has 0 saturated heterocycles. The van der Waals surface area contributed by atoms with Crippen LogP contribution in [0.4, 0.5) is 5.82 Å². The highest BCUT2D eigenvalue weighted by atomic mass is 16.1. The smallest absolute Gasteiger partial charge is 0.251 e. The van der Waals surface area contributed by atoms with Crippen molar-refractivity contribution in [2.45, 2.75) is 53.0 Å². The SMILES string of the molecule is CCCc1cc(C(=O)NC(C)(C)C)cc(NCC)n1. The molecule has 0 aromatic carbocycles. The van der Waals surface area contributed by atoms with Crippen LogP contribution in [0, 0.1) is 0 Å². The van der Waals surface area contributed by atoms with Crippen LogP contribution in [-0.4, -0.2) is 23.0 Å². The average Bonchev–Trinajstić information content (AvgIpc) is 2.27. The normalized spacial score (nSPS) is 11.2. The highest BCUT2D eigenvalue weighted by Gasteiger charge is 2.16. The van der Waals surface area contributed by atoms with E-state index in [1.54, 1.807) is 0 Å². The molecule has 0 aliphatic carbocycles.